The Morgan fingerprint density at radius 2 is 1.93 bits per heavy atom. The molecule has 0 aromatic heterocycles. The number of nitrogens with one attached hydrogen (secondary N) is 1. The minimum Gasteiger partial charge on any atom is -0.314 e. The first kappa shape index (κ1) is 13.0. The van der Waals surface area contributed by atoms with E-state index in [1.807, 2.05) is 0 Å². The average molecular weight is 212 g/mol. The minimum absolute atomic E-state index is 0.608. The predicted octanol–water partition coefficient (Wildman–Crippen LogP) is 2.35. The van der Waals surface area contributed by atoms with E-state index in [0.29, 0.717) is 6.04 Å². The summed E-state index contributed by atoms with van der Waals surface area (Å²) in [7, 11) is 0. The molecule has 0 aromatic carbocycles. The van der Waals surface area contributed by atoms with Crippen LogP contribution in [0.2, 0.25) is 0 Å². The lowest BCUT2D eigenvalue weighted by atomic mass is 10.0. The van der Waals surface area contributed by atoms with E-state index in [1.54, 1.807) is 0 Å². The molecule has 0 saturated carbocycles. The Hall–Kier alpha value is -0.0800. The van der Waals surface area contributed by atoms with Crippen LogP contribution in [0.1, 0.15) is 41.0 Å². The number of hydrogen-bond acceptors (Lipinski definition) is 2. The molecule has 1 rings (SSSR count). The molecule has 0 aromatic rings. The summed E-state index contributed by atoms with van der Waals surface area (Å²) in [6, 6.07) is 1.33. The van der Waals surface area contributed by atoms with Gasteiger partial charge in [0.1, 0.15) is 0 Å². The molecule has 1 saturated heterocycles. The summed E-state index contributed by atoms with van der Waals surface area (Å²) < 4.78 is 0. The Bertz CT molecular complexity index is 179. The zero-order valence-electron chi connectivity index (χ0n) is 11.1. The summed E-state index contributed by atoms with van der Waals surface area (Å²) in [6.45, 7) is 15.3. The van der Waals surface area contributed by atoms with Gasteiger partial charge in [0.2, 0.25) is 0 Å². The van der Waals surface area contributed by atoms with Crippen molar-refractivity contribution >= 4 is 0 Å². The molecular formula is C13H28N2. The lowest BCUT2D eigenvalue weighted by Gasteiger charge is -2.30. The number of nitrogens with zero attached hydrogens (tertiary/aromatic N) is 1. The van der Waals surface area contributed by atoms with Gasteiger partial charge in [-0.05, 0) is 38.3 Å². The van der Waals surface area contributed by atoms with E-state index in [2.05, 4.69) is 44.8 Å². The quantitative estimate of drug-likeness (QED) is 0.752. The minimum atomic E-state index is 0.608. The molecule has 0 amide bonds. The summed E-state index contributed by atoms with van der Waals surface area (Å²) in [5.74, 6) is 1.65. The van der Waals surface area contributed by atoms with E-state index < -0.39 is 0 Å². The lowest BCUT2D eigenvalue weighted by Crippen LogP contribution is -2.41. The van der Waals surface area contributed by atoms with Crippen molar-refractivity contribution in [1.82, 2.24) is 10.2 Å². The number of likely N-dealkylation sites (tertiary alicyclic amines) is 1. The first-order valence-corrected chi connectivity index (χ1v) is 6.48. The third-order valence-corrected chi connectivity index (χ3v) is 3.70. The van der Waals surface area contributed by atoms with Crippen LogP contribution >= 0.6 is 0 Å². The lowest BCUT2D eigenvalue weighted by molar-refractivity contribution is 0.189. The topological polar surface area (TPSA) is 15.3 Å². The van der Waals surface area contributed by atoms with E-state index in [1.165, 1.54) is 19.5 Å². The molecule has 15 heavy (non-hydrogen) atoms. The summed E-state index contributed by atoms with van der Waals surface area (Å²) in [5, 5.41) is 3.53. The van der Waals surface area contributed by atoms with Gasteiger partial charge in [0, 0.05) is 18.6 Å². The standard InChI is InChI=1S/C13H28N2/c1-10(2)14-8-12(4)13(5)15-7-6-11(3)9-15/h10-14H,6-9H2,1-5H3. The van der Waals surface area contributed by atoms with Crippen LogP contribution < -0.4 is 5.32 Å². The molecule has 1 N–H and O–H groups in total. The van der Waals surface area contributed by atoms with E-state index in [4.69, 9.17) is 0 Å². The van der Waals surface area contributed by atoms with Gasteiger partial charge in [-0.3, -0.25) is 0 Å². The summed E-state index contributed by atoms with van der Waals surface area (Å²) in [6.07, 6.45) is 1.38. The van der Waals surface area contributed by atoms with E-state index in [0.717, 1.165) is 24.4 Å². The molecule has 0 radical (unpaired) electrons. The third-order valence-electron chi connectivity index (χ3n) is 3.70. The van der Waals surface area contributed by atoms with E-state index in [9.17, 15) is 0 Å². The van der Waals surface area contributed by atoms with Crippen LogP contribution in [0, 0.1) is 11.8 Å². The first-order chi connectivity index (χ1) is 7.00. The maximum Gasteiger partial charge on any atom is 0.0105 e. The van der Waals surface area contributed by atoms with Crippen LogP contribution in [0.15, 0.2) is 0 Å². The van der Waals surface area contributed by atoms with Crippen molar-refractivity contribution in [2.45, 2.75) is 53.1 Å². The van der Waals surface area contributed by atoms with Gasteiger partial charge in [0.15, 0.2) is 0 Å². The van der Waals surface area contributed by atoms with Crippen molar-refractivity contribution in [1.29, 1.82) is 0 Å². The molecule has 3 atom stereocenters. The van der Waals surface area contributed by atoms with Gasteiger partial charge in [-0.1, -0.05) is 27.7 Å². The smallest absolute Gasteiger partial charge is 0.0105 e. The van der Waals surface area contributed by atoms with Crippen molar-refractivity contribution < 1.29 is 0 Å². The number of rotatable bonds is 5. The zero-order valence-corrected chi connectivity index (χ0v) is 11.1. The summed E-state index contributed by atoms with van der Waals surface area (Å²) in [5.41, 5.74) is 0. The highest BCUT2D eigenvalue weighted by molar-refractivity contribution is 4.81. The molecule has 3 unspecified atom stereocenters. The molecule has 1 aliphatic rings. The predicted molar refractivity (Wildman–Crippen MR) is 67.1 cm³/mol. The van der Waals surface area contributed by atoms with Crippen molar-refractivity contribution in [2.75, 3.05) is 19.6 Å². The molecule has 2 nitrogen and oxygen atoms in total. The van der Waals surface area contributed by atoms with Crippen LogP contribution in [0.5, 0.6) is 0 Å². The number of hydrogen-bond donors (Lipinski definition) is 1. The van der Waals surface area contributed by atoms with Crippen LogP contribution in [0.25, 0.3) is 0 Å². The third kappa shape index (κ3) is 4.12. The fraction of sp³-hybridized carbons (Fsp3) is 1.00. The fourth-order valence-corrected chi connectivity index (χ4v) is 2.29. The van der Waals surface area contributed by atoms with Gasteiger partial charge in [-0.15, -0.1) is 0 Å². The van der Waals surface area contributed by atoms with Gasteiger partial charge in [0.25, 0.3) is 0 Å². The summed E-state index contributed by atoms with van der Waals surface area (Å²) in [4.78, 5) is 2.65. The zero-order chi connectivity index (χ0) is 11.4. The molecule has 1 aliphatic heterocycles. The Balaban J connectivity index is 2.29. The second-order valence-electron chi connectivity index (χ2n) is 5.67. The van der Waals surface area contributed by atoms with Crippen LogP contribution in [0.3, 0.4) is 0 Å². The molecule has 90 valence electrons. The Morgan fingerprint density at radius 3 is 2.40 bits per heavy atom. The monoisotopic (exact) mass is 212 g/mol. The van der Waals surface area contributed by atoms with Crippen molar-refractivity contribution in [3.05, 3.63) is 0 Å². The maximum absolute atomic E-state index is 3.53. The molecule has 0 bridgehead atoms. The van der Waals surface area contributed by atoms with Crippen LogP contribution in [-0.2, 0) is 0 Å². The second-order valence-corrected chi connectivity index (χ2v) is 5.67. The van der Waals surface area contributed by atoms with Gasteiger partial charge in [-0.25, -0.2) is 0 Å². The van der Waals surface area contributed by atoms with Crippen LogP contribution in [-0.4, -0.2) is 36.6 Å². The van der Waals surface area contributed by atoms with Crippen LogP contribution in [0.4, 0.5) is 0 Å². The molecular weight excluding hydrogens is 184 g/mol. The normalized spacial score (nSPS) is 27.2. The molecule has 1 fully saturated rings. The van der Waals surface area contributed by atoms with Gasteiger partial charge in [0.05, 0.1) is 0 Å². The van der Waals surface area contributed by atoms with E-state index in [-0.39, 0.29) is 0 Å². The van der Waals surface area contributed by atoms with Crippen molar-refractivity contribution in [2.24, 2.45) is 11.8 Å². The maximum atomic E-state index is 3.53. The Morgan fingerprint density at radius 1 is 1.27 bits per heavy atom. The molecule has 0 aliphatic carbocycles. The van der Waals surface area contributed by atoms with Gasteiger partial charge in [-0.2, -0.15) is 0 Å². The van der Waals surface area contributed by atoms with Gasteiger partial charge < -0.3 is 10.2 Å². The SMILES string of the molecule is CC1CCN(C(C)C(C)CNC(C)C)C1. The summed E-state index contributed by atoms with van der Waals surface area (Å²) >= 11 is 0. The van der Waals surface area contributed by atoms with Crippen molar-refractivity contribution in [3.8, 4) is 0 Å². The molecule has 0 spiro atoms. The fourth-order valence-electron chi connectivity index (χ4n) is 2.29. The highest BCUT2D eigenvalue weighted by Crippen LogP contribution is 2.21. The second kappa shape index (κ2) is 5.86. The molecule has 1 heterocycles. The highest BCUT2D eigenvalue weighted by atomic mass is 15.2. The highest BCUT2D eigenvalue weighted by Gasteiger charge is 2.26. The molecule has 2 heteroatoms. The first-order valence-electron chi connectivity index (χ1n) is 6.48. The Labute approximate surface area is 95.4 Å². The average Bonchev–Trinajstić information content (AvgIpc) is 2.60. The van der Waals surface area contributed by atoms with Gasteiger partial charge >= 0.3 is 0 Å². The Kier molecular flexibility index (Phi) is 5.07. The largest absolute Gasteiger partial charge is 0.314 e. The van der Waals surface area contributed by atoms with E-state index >= 15 is 0 Å². The van der Waals surface area contributed by atoms with Crippen molar-refractivity contribution in [3.63, 3.8) is 0 Å².